The van der Waals surface area contributed by atoms with Crippen molar-refractivity contribution in [3.05, 3.63) is 28.5 Å². The van der Waals surface area contributed by atoms with Crippen molar-refractivity contribution >= 4 is 27.0 Å². The van der Waals surface area contributed by atoms with Gasteiger partial charge >= 0.3 is 0 Å². The van der Waals surface area contributed by atoms with Crippen molar-refractivity contribution in [2.24, 2.45) is 5.73 Å². The first-order valence-electron chi connectivity index (χ1n) is 5.66. The molecule has 2 rings (SSSR count). The number of hydrogen-bond acceptors (Lipinski definition) is 2. The van der Waals surface area contributed by atoms with Crippen molar-refractivity contribution in [2.45, 2.75) is 38.6 Å². The molecular formula is C13H18BrN3. The number of halogens is 1. The second kappa shape index (κ2) is 3.82. The highest BCUT2D eigenvalue weighted by Crippen LogP contribution is 2.32. The number of nitrogens with two attached hydrogens (primary N) is 1. The second-order valence-electron chi connectivity index (χ2n) is 5.59. The second-order valence-corrected chi connectivity index (χ2v) is 6.51. The van der Waals surface area contributed by atoms with E-state index in [0.29, 0.717) is 0 Å². The van der Waals surface area contributed by atoms with Gasteiger partial charge in [-0.15, -0.1) is 0 Å². The third-order valence-corrected chi connectivity index (χ3v) is 4.14. The number of aromatic amines is 1. The van der Waals surface area contributed by atoms with Crippen LogP contribution in [0.4, 0.5) is 0 Å². The van der Waals surface area contributed by atoms with Gasteiger partial charge in [0.15, 0.2) is 0 Å². The number of aromatic nitrogens is 2. The lowest BCUT2D eigenvalue weighted by Crippen LogP contribution is -2.50. The SMILES string of the molecule is CC(C)(N)C(C)(C)c1nc2ccc(Br)cc2[nH]1. The molecule has 4 heteroatoms. The van der Waals surface area contributed by atoms with E-state index in [0.717, 1.165) is 21.3 Å². The van der Waals surface area contributed by atoms with Gasteiger partial charge in [0.05, 0.1) is 11.0 Å². The zero-order valence-electron chi connectivity index (χ0n) is 10.6. The minimum atomic E-state index is -0.335. The third kappa shape index (κ3) is 2.11. The first-order chi connectivity index (χ1) is 7.72. The Morgan fingerprint density at radius 1 is 1.24 bits per heavy atom. The standard InChI is InChI=1S/C13H18BrN3/c1-12(2,13(3,4)15)11-16-9-6-5-8(14)7-10(9)17-11/h5-7H,15H2,1-4H3,(H,16,17). The Hall–Kier alpha value is -0.870. The number of H-pyrrole nitrogens is 1. The van der Waals surface area contributed by atoms with Crippen molar-refractivity contribution in [3.63, 3.8) is 0 Å². The van der Waals surface area contributed by atoms with E-state index in [1.165, 1.54) is 0 Å². The molecule has 0 saturated carbocycles. The minimum absolute atomic E-state index is 0.210. The molecule has 0 atom stereocenters. The number of imidazole rings is 1. The van der Waals surface area contributed by atoms with Gasteiger partial charge in [0.1, 0.15) is 5.82 Å². The topological polar surface area (TPSA) is 54.7 Å². The maximum absolute atomic E-state index is 6.23. The Balaban J connectivity index is 2.57. The Labute approximate surface area is 110 Å². The number of benzene rings is 1. The van der Waals surface area contributed by atoms with Gasteiger partial charge in [0, 0.05) is 15.4 Å². The molecule has 1 aromatic heterocycles. The van der Waals surface area contributed by atoms with Crippen molar-refractivity contribution < 1.29 is 0 Å². The van der Waals surface area contributed by atoms with Crippen LogP contribution in [-0.4, -0.2) is 15.5 Å². The Bertz CT molecular complexity index is 549. The minimum Gasteiger partial charge on any atom is -0.341 e. The molecule has 0 saturated heterocycles. The first-order valence-corrected chi connectivity index (χ1v) is 6.46. The molecular weight excluding hydrogens is 278 g/mol. The fourth-order valence-electron chi connectivity index (χ4n) is 1.58. The van der Waals surface area contributed by atoms with Crippen LogP contribution >= 0.6 is 15.9 Å². The van der Waals surface area contributed by atoms with E-state index in [-0.39, 0.29) is 11.0 Å². The van der Waals surface area contributed by atoms with E-state index in [1.807, 2.05) is 32.0 Å². The Morgan fingerprint density at radius 3 is 2.47 bits per heavy atom. The molecule has 17 heavy (non-hydrogen) atoms. The van der Waals surface area contributed by atoms with Crippen LogP contribution in [0.3, 0.4) is 0 Å². The van der Waals surface area contributed by atoms with E-state index in [1.54, 1.807) is 0 Å². The van der Waals surface area contributed by atoms with Crippen LogP contribution in [-0.2, 0) is 5.41 Å². The van der Waals surface area contributed by atoms with Gasteiger partial charge in [0.2, 0.25) is 0 Å². The van der Waals surface area contributed by atoms with Gasteiger partial charge in [-0.05, 0) is 32.0 Å². The molecule has 2 aromatic rings. The van der Waals surface area contributed by atoms with Crippen molar-refractivity contribution in [1.29, 1.82) is 0 Å². The molecule has 0 spiro atoms. The number of hydrogen-bond donors (Lipinski definition) is 2. The number of nitrogens with zero attached hydrogens (tertiary/aromatic N) is 1. The molecule has 1 heterocycles. The largest absolute Gasteiger partial charge is 0.341 e. The normalized spacial score (nSPS) is 13.3. The highest BCUT2D eigenvalue weighted by Gasteiger charge is 2.37. The van der Waals surface area contributed by atoms with Crippen molar-refractivity contribution in [3.8, 4) is 0 Å². The maximum atomic E-state index is 6.23. The fourth-order valence-corrected chi connectivity index (χ4v) is 1.94. The first kappa shape index (κ1) is 12.6. The highest BCUT2D eigenvalue weighted by molar-refractivity contribution is 9.10. The zero-order valence-corrected chi connectivity index (χ0v) is 12.2. The molecule has 0 fully saturated rings. The lowest BCUT2D eigenvalue weighted by molar-refractivity contribution is 0.293. The van der Waals surface area contributed by atoms with Crippen LogP contribution in [0, 0.1) is 0 Å². The molecule has 0 bridgehead atoms. The van der Waals surface area contributed by atoms with Crippen LogP contribution in [0.15, 0.2) is 22.7 Å². The zero-order chi connectivity index (χ0) is 12.8. The molecule has 0 aliphatic rings. The van der Waals surface area contributed by atoms with Crippen molar-refractivity contribution in [1.82, 2.24) is 9.97 Å². The van der Waals surface area contributed by atoms with Crippen LogP contribution in [0.25, 0.3) is 11.0 Å². The molecule has 0 radical (unpaired) electrons. The summed E-state index contributed by atoms with van der Waals surface area (Å²) in [6.45, 7) is 8.27. The average molecular weight is 296 g/mol. The predicted molar refractivity (Wildman–Crippen MR) is 75.1 cm³/mol. The molecule has 0 aliphatic carbocycles. The van der Waals surface area contributed by atoms with Crippen LogP contribution < -0.4 is 5.73 Å². The summed E-state index contributed by atoms with van der Waals surface area (Å²) in [7, 11) is 0. The average Bonchev–Trinajstić information content (AvgIpc) is 2.58. The van der Waals surface area contributed by atoms with E-state index in [4.69, 9.17) is 5.73 Å². The van der Waals surface area contributed by atoms with E-state index >= 15 is 0 Å². The van der Waals surface area contributed by atoms with Gasteiger partial charge in [0.25, 0.3) is 0 Å². The molecule has 0 amide bonds. The quantitative estimate of drug-likeness (QED) is 0.893. The van der Waals surface area contributed by atoms with Crippen LogP contribution in [0.5, 0.6) is 0 Å². The molecule has 0 aliphatic heterocycles. The monoisotopic (exact) mass is 295 g/mol. The van der Waals surface area contributed by atoms with Gasteiger partial charge < -0.3 is 10.7 Å². The number of nitrogens with one attached hydrogen (secondary N) is 1. The summed E-state index contributed by atoms with van der Waals surface area (Å²) in [5.74, 6) is 0.929. The number of fused-ring (bicyclic) bond motifs is 1. The van der Waals surface area contributed by atoms with Gasteiger partial charge in [-0.25, -0.2) is 4.98 Å². The summed E-state index contributed by atoms with van der Waals surface area (Å²) in [5, 5.41) is 0. The maximum Gasteiger partial charge on any atom is 0.114 e. The summed E-state index contributed by atoms with van der Waals surface area (Å²) in [6.07, 6.45) is 0. The van der Waals surface area contributed by atoms with Crippen molar-refractivity contribution in [2.75, 3.05) is 0 Å². The molecule has 3 nitrogen and oxygen atoms in total. The predicted octanol–water partition coefficient (Wildman–Crippen LogP) is 3.34. The lowest BCUT2D eigenvalue weighted by atomic mass is 9.74. The highest BCUT2D eigenvalue weighted by atomic mass is 79.9. The summed E-state index contributed by atoms with van der Waals surface area (Å²) in [6, 6.07) is 6.03. The van der Waals surface area contributed by atoms with Crippen LogP contribution in [0.1, 0.15) is 33.5 Å². The molecule has 1 aromatic carbocycles. The summed E-state index contributed by atoms with van der Waals surface area (Å²) >= 11 is 3.46. The summed E-state index contributed by atoms with van der Waals surface area (Å²) < 4.78 is 1.05. The van der Waals surface area contributed by atoms with E-state index in [9.17, 15) is 0 Å². The Morgan fingerprint density at radius 2 is 1.88 bits per heavy atom. The van der Waals surface area contributed by atoms with E-state index in [2.05, 4.69) is 39.7 Å². The number of rotatable bonds is 2. The smallest absolute Gasteiger partial charge is 0.114 e. The fraction of sp³-hybridized carbons (Fsp3) is 0.462. The van der Waals surface area contributed by atoms with Crippen LogP contribution in [0.2, 0.25) is 0 Å². The summed E-state index contributed by atoms with van der Waals surface area (Å²) in [5.41, 5.74) is 7.69. The van der Waals surface area contributed by atoms with E-state index < -0.39 is 0 Å². The molecule has 3 N–H and O–H groups in total. The molecule has 0 unspecified atom stereocenters. The third-order valence-electron chi connectivity index (χ3n) is 3.65. The molecule has 92 valence electrons. The lowest BCUT2D eigenvalue weighted by Gasteiger charge is -2.36. The summed E-state index contributed by atoms with van der Waals surface area (Å²) in [4.78, 5) is 8.00. The van der Waals surface area contributed by atoms with Gasteiger partial charge in [-0.1, -0.05) is 29.8 Å². The van der Waals surface area contributed by atoms with Gasteiger partial charge in [-0.2, -0.15) is 0 Å². The van der Waals surface area contributed by atoms with Gasteiger partial charge in [-0.3, -0.25) is 0 Å². The Kier molecular flexibility index (Phi) is 2.83.